The fourth-order valence-electron chi connectivity index (χ4n) is 3.96. The monoisotopic (exact) mass is 391 g/mol. The topological polar surface area (TPSA) is 54.0 Å². The third-order valence-electron chi connectivity index (χ3n) is 5.49. The number of piperazine rings is 1. The predicted octanol–water partition coefficient (Wildman–Crippen LogP) is 1.84. The molecule has 148 valence electrons. The van der Waals surface area contributed by atoms with E-state index in [9.17, 15) is 4.79 Å². The number of fused-ring (bicyclic) bond motifs is 1. The van der Waals surface area contributed by atoms with E-state index in [-0.39, 0.29) is 5.91 Å². The molecule has 0 aliphatic carbocycles. The molecule has 2 saturated heterocycles. The van der Waals surface area contributed by atoms with Gasteiger partial charge in [0.2, 0.25) is 5.91 Å². The highest BCUT2D eigenvalue weighted by atomic mass is 32.2. The quantitative estimate of drug-likeness (QED) is 0.773. The maximum atomic E-state index is 12.6. The van der Waals surface area contributed by atoms with Gasteiger partial charge < -0.3 is 19.7 Å². The molecule has 1 aromatic carbocycles. The Morgan fingerprint density at radius 1 is 1.15 bits per heavy atom. The zero-order chi connectivity index (χ0) is 18.5. The molecule has 0 radical (unpaired) electrons. The SMILES string of the molecule is O=C(CCSc1ccc2c(c1)OCCCO2)N1CCC(N2CCNCC2)C1. The van der Waals surface area contributed by atoms with Gasteiger partial charge in [-0.15, -0.1) is 11.8 Å². The molecule has 3 heterocycles. The van der Waals surface area contributed by atoms with Crippen LogP contribution in [-0.2, 0) is 4.79 Å². The molecule has 4 rings (SSSR count). The Hall–Kier alpha value is -1.44. The van der Waals surface area contributed by atoms with E-state index in [1.165, 1.54) is 0 Å². The highest BCUT2D eigenvalue weighted by molar-refractivity contribution is 7.99. The number of benzene rings is 1. The minimum absolute atomic E-state index is 0.287. The number of carbonyl (C=O) groups is 1. The molecule has 0 saturated carbocycles. The summed E-state index contributed by atoms with van der Waals surface area (Å²) in [6.45, 7) is 7.55. The third-order valence-corrected chi connectivity index (χ3v) is 6.48. The van der Waals surface area contributed by atoms with E-state index in [2.05, 4.69) is 21.2 Å². The molecule has 1 amide bonds. The highest BCUT2D eigenvalue weighted by Gasteiger charge is 2.30. The predicted molar refractivity (Wildman–Crippen MR) is 107 cm³/mol. The van der Waals surface area contributed by atoms with Crippen LogP contribution in [0.25, 0.3) is 0 Å². The largest absolute Gasteiger partial charge is 0.490 e. The molecule has 3 aliphatic heterocycles. The van der Waals surface area contributed by atoms with Gasteiger partial charge in [-0.05, 0) is 24.6 Å². The Labute approximate surface area is 165 Å². The van der Waals surface area contributed by atoms with Crippen LogP contribution in [0.2, 0.25) is 0 Å². The molecule has 7 heteroatoms. The van der Waals surface area contributed by atoms with Gasteiger partial charge >= 0.3 is 0 Å². The molecule has 0 spiro atoms. The number of carbonyl (C=O) groups excluding carboxylic acids is 1. The molecule has 1 aromatic rings. The maximum absolute atomic E-state index is 12.6. The number of likely N-dealkylation sites (tertiary alicyclic amines) is 1. The van der Waals surface area contributed by atoms with Crippen LogP contribution >= 0.6 is 11.8 Å². The summed E-state index contributed by atoms with van der Waals surface area (Å²) in [6.07, 6.45) is 2.62. The van der Waals surface area contributed by atoms with E-state index in [0.29, 0.717) is 25.7 Å². The Morgan fingerprint density at radius 2 is 1.96 bits per heavy atom. The summed E-state index contributed by atoms with van der Waals surface area (Å²) >= 11 is 1.71. The van der Waals surface area contributed by atoms with Gasteiger partial charge in [-0.25, -0.2) is 0 Å². The van der Waals surface area contributed by atoms with Gasteiger partial charge in [0.05, 0.1) is 13.2 Å². The molecule has 1 unspecified atom stereocenters. The lowest BCUT2D eigenvalue weighted by Crippen LogP contribution is -2.49. The van der Waals surface area contributed by atoms with Crippen LogP contribution in [0.3, 0.4) is 0 Å². The standard InChI is InChI=1S/C20H29N3O3S/c24-20(23-8-4-16(15-23)22-9-6-21-7-10-22)5-13-27-17-2-3-18-19(14-17)26-12-1-11-25-18/h2-3,14,16,21H,1,4-13,15H2. The van der Waals surface area contributed by atoms with Gasteiger partial charge in [0.15, 0.2) is 11.5 Å². The van der Waals surface area contributed by atoms with E-state index in [1.54, 1.807) is 11.8 Å². The van der Waals surface area contributed by atoms with Crippen molar-refractivity contribution in [2.45, 2.75) is 30.2 Å². The van der Waals surface area contributed by atoms with Crippen LogP contribution in [0.4, 0.5) is 0 Å². The van der Waals surface area contributed by atoms with Gasteiger partial charge in [-0.1, -0.05) is 0 Å². The summed E-state index contributed by atoms with van der Waals surface area (Å²) < 4.78 is 11.4. The van der Waals surface area contributed by atoms with Crippen LogP contribution in [0.1, 0.15) is 19.3 Å². The number of amides is 1. The van der Waals surface area contributed by atoms with Gasteiger partial charge in [0, 0.05) is 68.8 Å². The molecule has 2 fully saturated rings. The van der Waals surface area contributed by atoms with E-state index in [1.807, 2.05) is 12.1 Å². The first-order chi connectivity index (χ1) is 13.3. The number of hydrogen-bond donors (Lipinski definition) is 1. The number of nitrogens with one attached hydrogen (secondary N) is 1. The fraction of sp³-hybridized carbons (Fsp3) is 0.650. The van der Waals surface area contributed by atoms with E-state index in [4.69, 9.17) is 9.47 Å². The van der Waals surface area contributed by atoms with Crippen LogP contribution in [0.15, 0.2) is 23.1 Å². The number of nitrogens with zero attached hydrogens (tertiary/aromatic N) is 2. The fourth-order valence-corrected chi connectivity index (χ4v) is 4.83. The van der Waals surface area contributed by atoms with Crippen molar-refractivity contribution >= 4 is 17.7 Å². The molecule has 3 aliphatic rings. The molecule has 0 bridgehead atoms. The van der Waals surface area contributed by atoms with Gasteiger partial charge in [-0.2, -0.15) is 0 Å². The normalized spacial score (nSPS) is 23.3. The summed E-state index contributed by atoms with van der Waals surface area (Å²) in [7, 11) is 0. The number of thioether (sulfide) groups is 1. The second-order valence-corrected chi connectivity index (χ2v) is 8.49. The van der Waals surface area contributed by atoms with E-state index < -0.39 is 0 Å². The van der Waals surface area contributed by atoms with Crippen molar-refractivity contribution in [3.05, 3.63) is 18.2 Å². The first kappa shape index (κ1) is 18.9. The Balaban J connectivity index is 1.22. The summed E-state index contributed by atoms with van der Waals surface area (Å²) in [5, 5.41) is 3.40. The molecular weight excluding hydrogens is 362 g/mol. The van der Waals surface area contributed by atoms with Crippen molar-refractivity contribution in [3.63, 3.8) is 0 Å². The second-order valence-electron chi connectivity index (χ2n) is 7.33. The van der Waals surface area contributed by atoms with Gasteiger partial charge in [-0.3, -0.25) is 9.69 Å². The third kappa shape index (κ3) is 4.89. The van der Waals surface area contributed by atoms with E-state index >= 15 is 0 Å². The lowest BCUT2D eigenvalue weighted by Gasteiger charge is -2.32. The minimum atomic E-state index is 0.287. The molecule has 1 atom stereocenters. The molecule has 0 aromatic heterocycles. The Kier molecular flexibility index (Phi) is 6.42. The first-order valence-corrected chi connectivity index (χ1v) is 11.0. The summed E-state index contributed by atoms with van der Waals surface area (Å²) in [4.78, 5) is 18.3. The average molecular weight is 392 g/mol. The molecule has 27 heavy (non-hydrogen) atoms. The lowest BCUT2D eigenvalue weighted by atomic mass is 10.2. The van der Waals surface area contributed by atoms with Crippen molar-refractivity contribution < 1.29 is 14.3 Å². The molecular formula is C20H29N3O3S. The van der Waals surface area contributed by atoms with Gasteiger partial charge in [0.25, 0.3) is 0 Å². The minimum Gasteiger partial charge on any atom is -0.490 e. The maximum Gasteiger partial charge on any atom is 0.223 e. The Morgan fingerprint density at radius 3 is 2.81 bits per heavy atom. The number of rotatable bonds is 5. The van der Waals surface area contributed by atoms with Crippen LogP contribution in [-0.4, -0.2) is 80.0 Å². The number of ether oxygens (including phenoxy) is 2. The number of hydrogen-bond acceptors (Lipinski definition) is 6. The van der Waals surface area contributed by atoms with Crippen LogP contribution in [0, 0.1) is 0 Å². The van der Waals surface area contributed by atoms with Crippen LogP contribution < -0.4 is 14.8 Å². The van der Waals surface area contributed by atoms with Crippen molar-refractivity contribution in [2.75, 3.05) is 58.2 Å². The smallest absolute Gasteiger partial charge is 0.223 e. The highest BCUT2D eigenvalue weighted by Crippen LogP contribution is 2.34. The zero-order valence-electron chi connectivity index (χ0n) is 15.8. The summed E-state index contributed by atoms with van der Waals surface area (Å²) in [6, 6.07) is 6.61. The summed E-state index contributed by atoms with van der Waals surface area (Å²) in [5.41, 5.74) is 0. The van der Waals surface area contributed by atoms with Crippen LogP contribution in [0.5, 0.6) is 11.5 Å². The second kappa shape index (κ2) is 9.17. The van der Waals surface area contributed by atoms with Crippen molar-refractivity contribution in [1.82, 2.24) is 15.1 Å². The first-order valence-electron chi connectivity index (χ1n) is 10.0. The van der Waals surface area contributed by atoms with E-state index in [0.717, 1.165) is 74.3 Å². The van der Waals surface area contributed by atoms with Crippen molar-refractivity contribution in [2.24, 2.45) is 0 Å². The average Bonchev–Trinajstić information content (AvgIpc) is 3.09. The molecule has 6 nitrogen and oxygen atoms in total. The zero-order valence-corrected chi connectivity index (χ0v) is 16.6. The van der Waals surface area contributed by atoms with Gasteiger partial charge in [0.1, 0.15) is 0 Å². The van der Waals surface area contributed by atoms with Crippen molar-refractivity contribution in [3.8, 4) is 11.5 Å². The Bertz CT molecular complexity index is 651. The summed E-state index contributed by atoms with van der Waals surface area (Å²) in [5.74, 6) is 2.73. The van der Waals surface area contributed by atoms with Crippen molar-refractivity contribution in [1.29, 1.82) is 0 Å². The molecule has 1 N–H and O–H groups in total. The lowest BCUT2D eigenvalue weighted by molar-refractivity contribution is -0.129.